The third-order valence-electron chi connectivity index (χ3n) is 4.46. The highest BCUT2D eigenvalue weighted by molar-refractivity contribution is 5.79. The average Bonchev–Trinajstić information content (AvgIpc) is 3.00. The fraction of sp³-hybridized carbons (Fsp3) is 0.833. The summed E-state index contributed by atoms with van der Waals surface area (Å²) >= 11 is 0. The van der Waals surface area contributed by atoms with Gasteiger partial charge in [0.05, 0.1) is 12.7 Å². The van der Waals surface area contributed by atoms with Crippen molar-refractivity contribution in [3.63, 3.8) is 0 Å². The van der Waals surface area contributed by atoms with Gasteiger partial charge < -0.3 is 19.9 Å². The number of unbranched alkanes of at least 4 members (excludes halogenated alkanes) is 1. The summed E-state index contributed by atoms with van der Waals surface area (Å²) in [6.07, 6.45) is 13.9. The molecule has 1 aromatic rings. The molecule has 0 amide bonds. The summed E-state index contributed by atoms with van der Waals surface area (Å²) in [5.41, 5.74) is 0. The molecule has 0 radical (unpaired) electrons. The van der Waals surface area contributed by atoms with Crippen molar-refractivity contribution in [2.24, 2.45) is 4.99 Å². The van der Waals surface area contributed by atoms with Gasteiger partial charge >= 0.3 is 0 Å². The minimum Gasteiger partial charge on any atom is -0.376 e. The normalized spacial score (nSPS) is 16.6. The van der Waals surface area contributed by atoms with Gasteiger partial charge in [0, 0.05) is 26.2 Å². The number of rotatable bonds is 10. The van der Waals surface area contributed by atoms with E-state index in [0.717, 1.165) is 51.6 Å². The zero-order valence-electron chi connectivity index (χ0n) is 15.6. The third-order valence-corrected chi connectivity index (χ3v) is 4.46. The second-order valence-corrected chi connectivity index (χ2v) is 6.58. The van der Waals surface area contributed by atoms with Crippen LogP contribution in [-0.2, 0) is 11.3 Å². The first kappa shape index (κ1) is 19.7. The van der Waals surface area contributed by atoms with Gasteiger partial charge in [0.2, 0.25) is 0 Å². The molecule has 0 bridgehead atoms. The first-order chi connectivity index (χ1) is 12.4. The van der Waals surface area contributed by atoms with Gasteiger partial charge in [-0.25, -0.2) is 0 Å². The molecule has 2 N–H and O–H groups in total. The molecule has 0 aromatic carbocycles. The van der Waals surface area contributed by atoms with Gasteiger partial charge in [0.1, 0.15) is 12.7 Å². The lowest BCUT2D eigenvalue weighted by Crippen LogP contribution is -2.39. The number of aromatic nitrogens is 3. The topological polar surface area (TPSA) is 76.4 Å². The summed E-state index contributed by atoms with van der Waals surface area (Å²) < 4.78 is 8.01. The molecular formula is C18H34N6O. The van der Waals surface area contributed by atoms with Gasteiger partial charge in [-0.15, -0.1) is 10.2 Å². The van der Waals surface area contributed by atoms with Crippen molar-refractivity contribution in [1.29, 1.82) is 0 Å². The standard InChI is InChI=1S/C18H34N6O/c1-2-19-18(20-11-7-8-13-24-15-22-23-16-24)21-12-14-25-17-9-5-3-4-6-10-17/h15-17H,2-14H2,1H3,(H2,19,20,21). The van der Waals surface area contributed by atoms with Crippen molar-refractivity contribution in [1.82, 2.24) is 25.4 Å². The van der Waals surface area contributed by atoms with Gasteiger partial charge in [-0.3, -0.25) is 4.99 Å². The van der Waals surface area contributed by atoms with Crippen molar-refractivity contribution >= 4 is 5.96 Å². The van der Waals surface area contributed by atoms with Crippen LogP contribution in [0.2, 0.25) is 0 Å². The minimum absolute atomic E-state index is 0.460. The van der Waals surface area contributed by atoms with E-state index in [9.17, 15) is 0 Å². The largest absolute Gasteiger partial charge is 0.376 e. The van der Waals surface area contributed by atoms with Crippen LogP contribution in [0.1, 0.15) is 58.3 Å². The van der Waals surface area contributed by atoms with Crippen LogP contribution in [0.5, 0.6) is 0 Å². The van der Waals surface area contributed by atoms with Gasteiger partial charge in [-0.1, -0.05) is 25.7 Å². The Morgan fingerprint density at radius 3 is 2.60 bits per heavy atom. The highest BCUT2D eigenvalue weighted by Crippen LogP contribution is 2.19. The van der Waals surface area contributed by atoms with Crippen LogP contribution in [0, 0.1) is 0 Å². The molecule has 25 heavy (non-hydrogen) atoms. The summed E-state index contributed by atoms with van der Waals surface area (Å²) in [5.74, 6) is 0.885. The first-order valence-electron chi connectivity index (χ1n) is 9.84. The molecule has 0 spiro atoms. The lowest BCUT2D eigenvalue weighted by molar-refractivity contribution is 0.0468. The van der Waals surface area contributed by atoms with Crippen molar-refractivity contribution in [3.8, 4) is 0 Å². The minimum atomic E-state index is 0.460. The Morgan fingerprint density at radius 1 is 1.12 bits per heavy atom. The van der Waals surface area contributed by atoms with Gasteiger partial charge in [0.15, 0.2) is 5.96 Å². The molecule has 0 unspecified atom stereocenters. The SMILES string of the molecule is CCNC(=NCCCCn1cnnc1)NCCOC1CCCCCC1. The molecule has 0 atom stereocenters. The number of nitrogens with zero attached hydrogens (tertiary/aromatic N) is 4. The number of hydrogen-bond donors (Lipinski definition) is 2. The van der Waals surface area contributed by atoms with Crippen LogP contribution < -0.4 is 10.6 Å². The molecule has 1 fully saturated rings. The molecule has 1 aromatic heterocycles. The Labute approximate surface area is 151 Å². The second kappa shape index (κ2) is 12.7. The predicted octanol–water partition coefficient (Wildman–Crippen LogP) is 2.35. The fourth-order valence-electron chi connectivity index (χ4n) is 3.08. The van der Waals surface area contributed by atoms with E-state index >= 15 is 0 Å². The maximum Gasteiger partial charge on any atom is 0.191 e. The zero-order valence-corrected chi connectivity index (χ0v) is 15.6. The Bertz CT molecular complexity index is 454. The van der Waals surface area contributed by atoms with E-state index in [0.29, 0.717) is 6.10 Å². The van der Waals surface area contributed by atoms with Crippen LogP contribution in [0.3, 0.4) is 0 Å². The number of hydrogen-bond acceptors (Lipinski definition) is 4. The van der Waals surface area contributed by atoms with E-state index < -0.39 is 0 Å². The Morgan fingerprint density at radius 2 is 1.88 bits per heavy atom. The number of ether oxygens (including phenoxy) is 1. The van der Waals surface area contributed by atoms with Crippen LogP contribution in [-0.4, -0.2) is 53.1 Å². The summed E-state index contributed by atoms with van der Waals surface area (Å²) in [6, 6.07) is 0. The molecular weight excluding hydrogens is 316 g/mol. The molecule has 2 rings (SSSR count). The molecule has 1 aliphatic carbocycles. The van der Waals surface area contributed by atoms with Gasteiger partial charge in [-0.05, 0) is 32.6 Å². The fourth-order valence-corrected chi connectivity index (χ4v) is 3.08. The maximum absolute atomic E-state index is 6.02. The second-order valence-electron chi connectivity index (χ2n) is 6.58. The third kappa shape index (κ3) is 8.86. The maximum atomic E-state index is 6.02. The molecule has 0 saturated heterocycles. The summed E-state index contributed by atoms with van der Waals surface area (Å²) in [6.45, 7) is 6.29. The monoisotopic (exact) mass is 350 g/mol. The number of nitrogens with one attached hydrogen (secondary N) is 2. The predicted molar refractivity (Wildman–Crippen MR) is 101 cm³/mol. The smallest absolute Gasteiger partial charge is 0.191 e. The average molecular weight is 351 g/mol. The van der Waals surface area contributed by atoms with E-state index in [-0.39, 0.29) is 0 Å². The molecule has 142 valence electrons. The van der Waals surface area contributed by atoms with Gasteiger partial charge in [0.25, 0.3) is 0 Å². The number of aryl methyl sites for hydroxylation is 1. The lowest BCUT2D eigenvalue weighted by Gasteiger charge is -2.16. The molecule has 7 nitrogen and oxygen atoms in total. The summed E-state index contributed by atoms with van der Waals surface area (Å²) in [5, 5.41) is 14.3. The number of aliphatic imine (C=N–C) groups is 1. The van der Waals surface area contributed by atoms with Gasteiger partial charge in [-0.2, -0.15) is 0 Å². The Kier molecular flexibility index (Phi) is 10.00. The molecule has 7 heteroatoms. The molecule has 1 saturated carbocycles. The highest BCUT2D eigenvalue weighted by Gasteiger charge is 2.12. The van der Waals surface area contributed by atoms with E-state index in [1.807, 2.05) is 4.57 Å². The van der Waals surface area contributed by atoms with E-state index in [4.69, 9.17) is 4.74 Å². The van der Waals surface area contributed by atoms with Crippen molar-refractivity contribution in [2.75, 3.05) is 26.2 Å². The zero-order chi connectivity index (χ0) is 17.6. The Balaban J connectivity index is 1.56. The first-order valence-corrected chi connectivity index (χ1v) is 9.84. The van der Waals surface area contributed by atoms with Crippen LogP contribution in [0.25, 0.3) is 0 Å². The quantitative estimate of drug-likeness (QED) is 0.293. The molecule has 1 aliphatic rings. The van der Waals surface area contributed by atoms with Crippen LogP contribution in [0.15, 0.2) is 17.6 Å². The van der Waals surface area contributed by atoms with E-state index in [1.165, 1.54) is 38.5 Å². The highest BCUT2D eigenvalue weighted by atomic mass is 16.5. The van der Waals surface area contributed by atoms with E-state index in [1.54, 1.807) is 12.7 Å². The molecule has 1 heterocycles. The lowest BCUT2D eigenvalue weighted by atomic mass is 10.1. The van der Waals surface area contributed by atoms with Crippen LogP contribution in [0.4, 0.5) is 0 Å². The number of guanidine groups is 1. The van der Waals surface area contributed by atoms with Crippen molar-refractivity contribution < 1.29 is 4.74 Å². The van der Waals surface area contributed by atoms with Crippen molar-refractivity contribution in [3.05, 3.63) is 12.7 Å². The molecule has 0 aliphatic heterocycles. The van der Waals surface area contributed by atoms with Crippen LogP contribution >= 0.6 is 0 Å². The Hall–Kier alpha value is -1.63. The van der Waals surface area contributed by atoms with E-state index in [2.05, 4.69) is 32.7 Å². The summed E-state index contributed by atoms with van der Waals surface area (Å²) in [4.78, 5) is 4.63. The van der Waals surface area contributed by atoms with Crippen molar-refractivity contribution in [2.45, 2.75) is 70.9 Å². The summed E-state index contributed by atoms with van der Waals surface area (Å²) in [7, 11) is 0.